The number of aryl methyl sites for hydroxylation is 1. The Labute approximate surface area is 227 Å². The number of benzene rings is 3. The smallest absolute Gasteiger partial charge is 0.338 e. The normalized spacial score (nSPS) is 13.9. The minimum atomic E-state index is -0.404. The minimum absolute atomic E-state index is 0.0666. The summed E-state index contributed by atoms with van der Waals surface area (Å²) in [6.45, 7) is 7.78. The molecule has 8 heteroatoms. The van der Waals surface area contributed by atoms with E-state index in [-0.39, 0.29) is 16.9 Å². The van der Waals surface area contributed by atoms with Gasteiger partial charge < -0.3 is 23.9 Å². The van der Waals surface area contributed by atoms with E-state index in [1.165, 1.54) is 11.8 Å². The van der Waals surface area contributed by atoms with Gasteiger partial charge in [0, 0.05) is 38.4 Å². The van der Waals surface area contributed by atoms with Gasteiger partial charge in [-0.25, -0.2) is 4.79 Å². The number of ether oxygens (including phenoxy) is 2. The second-order valence-electron chi connectivity index (χ2n) is 9.62. The van der Waals surface area contributed by atoms with Crippen LogP contribution >= 0.6 is 0 Å². The molecular formula is C31H32N2O6. The molecule has 1 fully saturated rings. The maximum Gasteiger partial charge on any atom is 0.338 e. The average Bonchev–Trinajstić information content (AvgIpc) is 2.96. The number of hydrogen-bond donors (Lipinski definition) is 1. The molecule has 1 aliphatic heterocycles. The van der Waals surface area contributed by atoms with Gasteiger partial charge in [0.25, 0.3) is 0 Å². The summed E-state index contributed by atoms with van der Waals surface area (Å²) < 4.78 is 17.2. The van der Waals surface area contributed by atoms with Crippen molar-refractivity contribution in [3.8, 4) is 17.2 Å². The monoisotopic (exact) mass is 528 g/mol. The van der Waals surface area contributed by atoms with Crippen LogP contribution in [-0.2, 0) is 11.3 Å². The fourth-order valence-electron chi connectivity index (χ4n) is 4.75. The Balaban J connectivity index is 1.34. The summed E-state index contributed by atoms with van der Waals surface area (Å²) in [6.07, 6.45) is 0.744. The van der Waals surface area contributed by atoms with E-state index >= 15 is 0 Å². The number of para-hydroxylation sites is 1. The van der Waals surface area contributed by atoms with Crippen LogP contribution in [0.4, 0.5) is 5.69 Å². The second kappa shape index (κ2) is 11.6. The first-order valence-corrected chi connectivity index (χ1v) is 13.2. The lowest BCUT2D eigenvalue weighted by Crippen LogP contribution is -2.46. The van der Waals surface area contributed by atoms with Crippen LogP contribution in [0.5, 0.6) is 17.2 Å². The number of anilines is 1. The highest BCUT2D eigenvalue weighted by molar-refractivity contribution is 5.89. The Morgan fingerprint density at radius 3 is 2.38 bits per heavy atom. The number of aromatic hydroxyl groups is 1. The number of carbonyl (C=O) groups excluding carboxylic acids is 1. The Kier molecular flexibility index (Phi) is 7.84. The highest BCUT2D eigenvalue weighted by Crippen LogP contribution is 2.32. The molecule has 0 atom stereocenters. The van der Waals surface area contributed by atoms with Crippen LogP contribution in [-0.4, -0.2) is 48.8 Å². The van der Waals surface area contributed by atoms with Crippen molar-refractivity contribution in [2.24, 2.45) is 0 Å². The third-order valence-corrected chi connectivity index (χ3v) is 6.88. The summed E-state index contributed by atoms with van der Waals surface area (Å²) in [5, 5.41) is 11.1. The number of nitrogens with zero attached hydrogens (tertiary/aromatic N) is 2. The van der Waals surface area contributed by atoms with E-state index in [2.05, 4.69) is 21.9 Å². The fraction of sp³-hybridized carbons (Fsp3) is 0.290. The van der Waals surface area contributed by atoms with Crippen LogP contribution in [0.25, 0.3) is 11.0 Å². The lowest BCUT2D eigenvalue weighted by Gasteiger charge is -2.36. The van der Waals surface area contributed by atoms with E-state index < -0.39 is 5.97 Å². The molecule has 1 saturated heterocycles. The Morgan fingerprint density at radius 2 is 1.69 bits per heavy atom. The van der Waals surface area contributed by atoms with Crippen molar-refractivity contribution >= 4 is 22.6 Å². The van der Waals surface area contributed by atoms with E-state index in [4.69, 9.17) is 13.9 Å². The number of esters is 1. The van der Waals surface area contributed by atoms with Crippen LogP contribution < -0.4 is 15.1 Å². The lowest BCUT2D eigenvalue weighted by atomic mass is 10.1. The van der Waals surface area contributed by atoms with Gasteiger partial charge in [-0.1, -0.05) is 25.1 Å². The van der Waals surface area contributed by atoms with Gasteiger partial charge in [-0.05, 0) is 61.9 Å². The first-order chi connectivity index (χ1) is 18.9. The molecule has 1 N–H and O–H groups in total. The molecule has 0 saturated carbocycles. The molecule has 0 spiro atoms. The number of rotatable bonds is 8. The van der Waals surface area contributed by atoms with E-state index in [9.17, 15) is 14.7 Å². The zero-order valence-corrected chi connectivity index (χ0v) is 22.2. The predicted octanol–water partition coefficient (Wildman–Crippen LogP) is 5.49. The molecule has 8 nitrogen and oxygen atoms in total. The highest BCUT2D eigenvalue weighted by atomic mass is 16.5. The third kappa shape index (κ3) is 5.76. The Hall–Kier alpha value is -4.30. The quantitative estimate of drug-likeness (QED) is 0.300. The fourth-order valence-corrected chi connectivity index (χ4v) is 4.75. The van der Waals surface area contributed by atoms with Gasteiger partial charge in [-0.15, -0.1) is 0 Å². The molecule has 0 bridgehead atoms. The first-order valence-electron chi connectivity index (χ1n) is 13.2. The van der Waals surface area contributed by atoms with Crippen molar-refractivity contribution in [1.29, 1.82) is 0 Å². The van der Waals surface area contributed by atoms with Crippen LogP contribution in [0.2, 0.25) is 0 Å². The van der Waals surface area contributed by atoms with E-state index in [1.807, 2.05) is 25.1 Å². The van der Waals surface area contributed by atoms with Crippen molar-refractivity contribution in [3.05, 3.63) is 93.8 Å². The van der Waals surface area contributed by atoms with Gasteiger partial charge in [0.1, 0.15) is 22.8 Å². The summed E-state index contributed by atoms with van der Waals surface area (Å²) in [5.74, 6) is 0.456. The van der Waals surface area contributed by atoms with Crippen molar-refractivity contribution in [2.45, 2.75) is 26.8 Å². The maximum atomic E-state index is 13.4. The minimum Gasteiger partial charge on any atom is -0.507 e. The number of piperazine rings is 1. The first kappa shape index (κ1) is 26.3. The van der Waals surface area contributed by atoms with E-state index in [0.717, 1.165) is 32.6 Å². The summed E-state index contributed by atoms with van der Waals surface area (Å²) in [4.78, 5) is 30.1. The largest absolute Gasteiger partial charge is 0.507 e. The van der Waals surface area contributed by atoms with Crippen LogP contribution in [0, 0.1) is 6.92 Å². The van der Waals surface area contributed by atoms with Gasteiger partial charge in [0.05, 0.1) is 23.1 Å². The molecule has 0 amide bonds. The van der Waals surface area contributed by atoms with E-state index in [1.54, 1.807) is 37.3 Å². The van der Waals surface area contributed by atoms with Gasteiger partial charge >= 0.3 is 5.97 Å². The lowest BCUT2D eigenvalue weighted by molar-refractivity contribution is 0.0505. The molecule has 2 heterocycles. The number of phenols is 1. The molecular weight excluding hydrogens is 496 g/mol. The third-order valence-electron chi connectivity index (χ3n) is 6.88. The van der Waals surface area contributed by atoms with Crippen molar-refractivity contribution in [3.63, 3.8) is 0 Å². The van der Waals surface area contributed by atoms with E-state index in [0.29, 0.717) is 46.8 Å². The summed E-state index contributed by atoms with van der Waals surface area (Å²) in [7, 11) is 0. The topological polar surface area (TPSA) is 92.5 Å². The Morgan fingerprint density at radius 1 is 0.974 bits per heavy atom. The van der Waals surface area contributed by atoms with Crippen LogP contribution in [0.15, 0.2) is 75.9 Å². The SMILES string of the molecule is CCCOC(=O)c1ccc(Oc2c(C)oc3c(CN4CCN(c5ccccc5)CC4)c(O)ccc3c2=O)cc1. The second-order valence-corrected chi connectivity index (χ2v) is 9.62. The van der Waals surface area contributed by atoms with Gasteiger partial charge in [0.15, 0.2) is 0 Å². The van der Waals surface area contributed by atoms with Crippen LogP contribution in [0.3, 0.4) is 0 Å². The zero-order valence-electron chi connectivity index (χ0n) is 22.2. The highest BCUT2D eigenvalue weighted by Gasteiger charge is 2.23. The molecule has 202 valence electrons. The van der Waals surface area contributed by atoms with Crippen molar-refractivity contribution in [1.82, 2.24) is 4.90 Å². The molecule has 4 aromatic rings. The summed E-state index contributed by atoms with van der Waals surface area (Å²) in [5.41, 5.74) is 2.23. The number of hydrogen-bond acceptors (Lipinski definition) is 8. The molecule has 5 rings (SSSR count). The van der Waals surface area contributed by atoms with Crippen molar-refractivity contribution in [2.75, 3.05) is 37.7 Å². The number of phenolic OH excluding ortho intramolecular Hbond substituents is 1. The van der Waals surface area contributed by atoms with Crippen LogP contribution in [0.1, 0.15) is 35.0 Å². The average molecular weight is 529 g/mol. The number of carbonyl (C=O) groups is 1. The van der Waals surface area contributed by atoms with Gasteiger partial charge in [-0.3, -0.25) is 9.69 Å². The molecule has 0 unspecified atom stereocenters. The summed E-state index contributed by atoms with van der Waals surface area (Å²) in [6, 6.07) is 19.8. The maximum absolute atomic E-state index is 13.4. The number of fused-ring (bicyclic) bond motifs is 1. The van der Waals surface area contributed by atoms with Gasteiger partial charge in [0.2, 0.25) is 11.2 Å². The van der Waals surface area contributed by atoms with Crippen molar-refractivity contribution < 1.29 is 23.8 Å². The summed E-state index contributed by atoms with van der Waals surface area (Å²) >= 11 is 0. The molecule has 1 aliphatic rings. The molecule has 0 radical (unpaired) electrons. The molecule has 1 aromatic heterocycles. The standard InChI is InChI=1S/C31H32N2O6/c1-3-19-37-31(36)22-9-11-24(12-10-22)39-29-21(2)38-30-25(28(29)35)13-14-27(34)26(30)20-32-15-17-33(18-16-32)23-7-5-4-6-8-23/h4-14,34H,3,15-20H2,1-2H3. The zero-order chi connectivity index (χ0) is 27.4. The molecule has 3 aromatic carbocycles. The van der Waals surface area contributed by atoms with Gasteiger partial charge in [-0.2, -0.15) is 0 Å². The molecule has 39 heavy (non-hydrogen) atoms. The Bertz CT molecular complexity index is 1510. The molecule has 0 aliphatic carbocycles. The predicted molar refractivity (Wildman–Crippen MR) is 150 cm³/mol.